The van der Waals surface area contributed by atoms with Crippen molar-refractivity contribution < 1.29 is 9.84 Å². The van der Waals surface area contributed by atoms with Crippen molar-refractivity contribution in [2.75, 3.05) is 13.7 Å². The van der Waals surface area contributed by atoms with Crippen LogP contribution in [0.5, 0.6) is 0 Å². The molecule has 1 aliphatic rings. The largest absolute Gasteiger partial charge is 0.393 e. The smallest absolute Gasteiger partial charge is 0.0700 e. The summed E-state index contributed by atoms with van der Waals surface area (Å²) < 4.78 is 4.93. The molecular weight excluding hydrogens is 127 g/mol. The van der Waals surface area contributed by atoms with E-state index in [0.29, 0.717) is 6.61 Å². The number of hydrogen-bond acceptors (Lipinski definition) is 2. The van der Waals surface area contributed by atoms with Gasteiger partial charge >= 0.3 is 0 Å². The van der Waals surface area contributed by atoms with E-state index in [4.69, 9.17) is 12.6 Å². The van der Waals surface area contributed by atoms with E-state index in [-0.39, 0.29) is 17.8 Å². The fraction of sp³-hybridized carbons (Fsp3) is 1.00. The first-order valence-corrected chi connectivity index (χ1v) is 3.66. The monoisotopic (exact) mass is 140 g/mol. The molecule has 1 N–H and O–H groups in total. The Morgan fingerprint density at radius 3 is 2.70 bits per heavy atom. The van der Waals surface area contributed by atoms with Crippen LogP contribution in [0, 0.1) is 5.92 Å². The molecule has 3 atom stereocenters. The summed E-state index contributed by atoms with van der Waals surface area (Å²) in [4.78, 5) is 0. The van der Waals surface area contributed by atoms with Crippen LogP contribution in [0.1, 0.15) is 12.8 Å². The van der Waals surface area contributed by atoms with E-state index in [1.807, 2.05) is 0 Å². The molecule has 0 saturated heterocycles. The predicted octanol–water partition coefficient (Wildman–Crippen LogP) is 0.361. The Morgan fingerprint density at radius 1 is 1.60 bits per heavy atom. The van der Waals surface area contributed by atoms with Crippen molar-refractivity contribution in [2.24, 2.45) is 5.92 Å². The van der Waals surface area contributed by atoms with E-state index in [9.17, 15) is 5.11 Å². The molecule has 0 aromatic carbocycles. The summed E-state index contributed by atoms with van der Waals surface area (Å²) in [6.07, 6.45) is 1.39. The molecule has 10 heavy (non-hydrogen) atoms. The van der Waals surface area contributed by atoms with E-state index >= 15 is 0 Å². The van der Waals surface area contributed by atoms with Crippen LogP contribution >= 0.6 is 0 Å². The Kier molecular flexibility index (Phi) is 2.75. The van der Waals surface area contributed by atoms with Gasteiger partial charge in [-0.3, -0.25) is 0 Å². The molecule has 0 aliphatic heterocycles. The first-order valence-electron chi connectivity index (χ1n) is 3.66. The number of aliphatic hydroxyl groups excluding tert-OH is 1. The lowest BCUT2D eigenvalue weighted by Gasteiger charge is -2.11. The maximum Gasteiger partial charge on any atom is 0.0700 e. The second kappa shape index (κ2) is 3.40. The normalized spacial score (nSPS) is 40.4. The second-order valence-corrected chi connectivity index (χ2v) is 3.01. The van der Waals surface area contributed by atoms with Crippen molar-refractivity contribution in [1.82, 2.24) is 0 Å². The van der Waals surface area contributed by atoms with Crippen LogP contribution in [0.15, 0.2) is 0 Å². The van der Waals surface area contributed by atoms with Crippen LogP contribution in [0.2, 0.25) is 5.82 Å². The third kappa shape index (κ3) is 1.73. The molecule has 3 unspecified atom stereocenters. The highest BCUT2D eigenvalue weighted by Crippen LogP contribution is 2.33. The summed E-state index contributed by atoms with van der Waals surface area (Å²) >= 11 is 0. The van der Waals surface area contributed by atoms with Crippen LogP contribution in [0.25, 0.3) is 0 Å². The minimum absolute atomic E-state index is 0.176. The fourth-order valence-corrected chi connectivity index (χ4v) is 1.54. The highest BCUT2D eigenvalue weighted by atomic mass is 16.5. The highest BCUT2D eigenvalue weighted by Gasteiger charge is 2.29. The summed E-state index contributed by atoms with van der Waals surface area (Å²) in [6, 6.07) is 0. The number of aliphatic hydroxyl groups is 1. The topological polar surface area (TPSA) is 29.5 Å². The molecule has 2 radical (unpaired) electrons. The van der Waals surface area contributed by atoms with E-state index in [1.54, 1.807) is 7.11 Å². The highest BCUT2D eigenvalue weighted by molar-refractivity contribution is 6.11. The first-order chi connectivity index (χ1) is 4.74. The molecule has 1 fully saturated rings. The molecule has 0 aromatic heterocycles. The quantitative estimate of drug-likeness (QED) is 0.561. The van der Waals surface area contributed by atoms with E-state index in [2.05, 4.69) is 0 Å². The van der Waals surface area contributed by atoms with Crippen molar-refractivity contribution >= 4 is 7.85 Å². The zero-order valence-electron chi connectivity index (χ0n) is 6.29. The maximum atomic E-state index is 9.33. The van der Waals surface area contributed by atoms with Crippen molar-refractivity contribution in [3.8, 4) is 0 Å². The van der Waals surface area contributed by atoms with Crippen LogP contribution in [0.4, 0.5) is 0 Å². The van der Waals surface area contributed by atoms with Gasteiger partial charge in [-0.05, 0) is 6.42 Å². The minimum atomic E-state index is -0.241. The van der Waals surface area contributed by atoms with Crippen LogP contribution < -0.4 is 0 Å². The van der Waals surface area contributed by atoms with Gasteiger partial charge < -0.3 is 9.84 Å². The molecule has 1 saturated carbocycles. The van der Waals surface area contributed by atoms with Gasteiger partial charge in [0.2, 0.25) is 0 Å². The Bertz CT molecular complexity index is 108. The Labute approximate surface area is 63.0 Å². The predicted molar refractivity (Wildman–Crippen MR) is 40.1 cm³/mol. The lowest BCUT2D eigenvalue weighted by atomic mass is 9.85. The van der Waals surface area contributed by atoms with Gasteiger partial charge in [-0.15, -0.1) is 0 Å². The average Bonchev–Trinajstić information content (AvgIpc) is 2.13. The van der Waals surface area contributed by atoms with E-state index in [1.165, 1.54) is 0 Å². The van der Waals surface area contributed by atoms with Gasteiger partial charge in [-0.1, -0.05) is 12.2 Å². The third-order valence-corrected chi connectivity index (χ3v) is 2.07. The number of methoxy groups -OCH3 is 1. The lowest BCUT2D eigenvalue weighted by molar-refractivity contribution is 0.0683. The Hall–Kier alpha value is -0.0151. The summed E-state index contributed by atoms with van der Waals surface area (Å²) in [5.74, 6) is 0.440. The van der Waals surface area contributed by atoms with E-state index in [0.717, 1.165) is 12.8 Å². The van der Waals surface area contributed by atoms with Crippen molar-refractivity contribution in [1.29, 1.82) is 0 Å². The molecule has 2 nitrogen and oxygen atoms in total. The van der Waals surface area contributed by atoms with Crippen LogP contribution in [0.3, 0.4) is 0 Å². The number of ether oxygens (including phenoxy) is 1. The zero-order valence-corrected chi connectivity index (χ0v) is 6.29. The fourth-order valence-electron chi connectivity index (χ4n) is 1.54. The second-order valence-electron chi connectivity index (χ2n) is 3.01. The van der Waals surface area contributed by atoms with E-state index < -0.39 is 0 Å². The minimum Gasteiger partial charge on any atom is -0.393 e. The van der Waals surface area contributed by atoms with Crippen molar-refractivity contribution in [3.05, 3.63) is 0 Å². The zero-order chi connectivity index (χ0) is 7.56. The molecule has 1 rings (SSSR count). The summed E-state index contributed by atoms with van der Waals surface area (Å²) in [6.45, 7) is 0.634. The SMILES string of the molecule is [B]C1CC(O)C(COC)C1. The number of hydrogen-bond donors (Lipinski definition) is 1. The van der Waals surface area contributed by atoms with Crippen molar-refractivity contribution in [3.63, 3.8) is 0 Å². The van der Waals surface area contributed by atoms with Gasteiger partial charge in [0.25, 0.3) is 0 Å². The first kappa shape index (κ1) is 8.09. The van der Waals surface area contributed by atoms with Crippen LogP contribution in [-0.4, -0.2) is 32.8 Å². The molecule has 1 aliphatic carbocycles. The van der Waals surface area contributed by atoms with Gasteiger partial charge in [-0.25, -0.2) is 0 Å². The summed E-state index contributed by atoms with van der Waals surface area (Å²) in [5, 5.41) is 9.33. The molecule has 56 valence electrons. The molecule has 0 amide bonds. The molecule has 0 heterocycles. The maximum absolute atomic E-state index is 9.33. The van der Waals surface area contributed by atoms with Crippen molar-refractivity contribution in [2.45, 2.75) is 24.8 Å². The standard InChI is InChI=1S/C7H13BO2/c1-10-4-5-2-6(8)3-7(5)9/h5-7,9H,2-4H2,1H3. The summed E-state index contributed by atoms with van der Waals surface area (Å²) in [5.41, 5.74) is 0. The van der Waals surface area contributed by atoms with Gasteiger partial charge in [0, 0.05) is 13.0 Å². The lowest BCUT2D eigenvalue weighted by Crippen LogP contribution is -2.17. The van der Waals surface area contributed by atoms with Gasteiger partial charge in [-0.2, -0.15) is 0 Å². The molecule has 3 heteroatoms. The third-order valence-electron chi connectivity index (χ3n) is 2.07. The van der Waals surface area contributed by atoms with Crippen LogP contribution in [-0.2, 0) is 4.74 Å². The molecule has 0 aromatic rings. The average molecular weight is 140 g/mol. The Balaban J connectivity index is 2.31. The van der Waals surface area contributed by atoms with Gasteiger partial charge in [0.1, 0.15) is 0 Å². The van der Waals surface area contributed by atoms with Gasteiger partial charge in [0.05, 0.1) is 20.6 Å². The molecule has 0 spiro atoms. The van der Waals surface area contributed by atoms with Gasteiger partial charge in [0.15, 0.2) is 0 Å². The molecule has 0 bridgehead atoms. The Morgan fingerprint density at radius 2 is 2.30 bits per heavy atom. The summed E-state index contributed by atoms with van der Waals surface area (Å²) in [7, 11) is 7.28. The molecular formula is C7H13BO2. The number of rotatable bonds is 2.